The number of carbonyl (C=O) groups is 1. The Hall–Kier alpha value is -3.00. The number of fused-ring (bicyclic) bond motifs is 1. The van der Waals surface area contributed by atoms with E-state index in [0.29, 0.717) is 25.3 Å². The van der Waals surface area contributed by atoms with Gasteiger partial charge in [-0.1, -0.05) is 37.3 Å². The molecule has 0 spiro atoms. The third-order valence-electron chi connectivity index (χ3n) is 6.09. The van der Waals surface area contributed by atoms with Gasteiger partial charge in [0, 0.05) is 30.7 Å². The molecule has 0 bridgehead atoms. The van der Waals surface area contributed by atoms with E-state index in [0.717, 1.165) is 42.5 Å². The van der Waals surface area contributed by atoms with Crippen molar-refractivity contribution in [3.05, 3.63) is 65.0 Å². The highest BCUT2D eigenvalue weighted by Crippen LogP contribution is 2.28. The van der Waals surface area contributed by atoms with Crippen LogP contribution in [0, 0.1) is 17.2 Å². The molecule has 0 unspecified atom stereocenters. The van der Waals surface area contributed by atoms with E-state index < -0.39 is 0 Å². The summed E-state index contributed by atoms with van der Waals surface area (Å²) in [6, 6.07) is 14.5. The van der Waals surface area contributed by atoms with Crippen LogP contribution in [0.5, 0.6) is 0 Å². The first kappa shape index (κ1) is 20.3. The first-order valence-corrected chi connectivity index (χ1v) is 10.8. The highest BCUT2D eigenvalue weighted by Gasteiger charge is 2.26. The maximum absolute atomic E-state index is 12.6. The first-order chi connectivity index (χ1) is 14.6. The number of hydrogen-bond donors (Lipinski definition) is 0. The fourth-order valence-electron chi connectivity index (χ4n) is 4.29. The summed E-state index contributed by atoms with van der Waals surface area (Å²) in [4.78, 5) is 21.6. The summed E-state index contributed by atoms with van der Waals surface area (Å²) in [6.45, 7) is 2.66. The normalized spacial score (nSPS) is 21.3. The van der Waals surface area contributed by atoms with E-state index in [1.165, 1.54) is 5.56 Å². The lowest BCUT2D eigenvalue weighted by atomic mass is 9.88. The van der Waals surface area contributed by atoms with Crippen LogP contribution in [-0.4, -0.2) is 22.8 Å². The lowest BCUT2D eigenvalue weighted by Gasteiger charge is -2.25. The molecule has 1 saturated carbocycles. The van der Waals surface area contributed by atoms with Crippen LogP contribution in [-0.2, 0) is 22.5 Å². The maximum Gasteiger partial charge on any atom is 0.218 e. The molecule has 0 radical (unpaired) electrons. The molecule has 154 valence electrons. The van der Waals surface area contributed by atoms with E-state index in [4.69, 9.17) is 10.00 Å². The molecule has 0 saturated heterocycles. The molecule has 1 aromatic heterocycles. The Kier molecular flexibility index (Phi) is 6.23. The average Bonchev–Trinajstić information content (AvgIpc) is 3.16. The molecule has 30 heavy (non-hydrogen) atoms. The number of benzene rings is 1. The minimum Gasteiger partial charge on any atom is -0.474 e. The Bertz CT molecular complexity index is 970. The molecule has 2 aliphatic rings. The predicted molar refractivity (Wildman–Crippen MR) is 115 cm³/mol. The van der Waals surface area contributed by atoms with E-state index >= 15 is 0 Å². The van der Waals surface area contributed by atoms with Gasteiger partial charge < -0.3 is 4.74 Å². The van der Waals surface area contributed by atoms with Crippen molar-refractivity contribution in [3.8, 4) is 6.07 Å². The summed E-state index contributed by atoms with van der Waals surface area (Å²) in [7, 11) is 0. The number of rotatable bonds is 6. The van der Waals surface area contributed by atoms with Gasteiger partial charge in [0.1, 0.15) is 11.9 Å². The van der Waals surface area contributed by atoms with E-state index in [1.807, 2.05) is 24.3 Å². The zero-order valence-corrected chi connectivity index (χ0v) is 17.4. The van der Waals surface area contributed by atoms with Gasteiger partial charge in [0.15, 0.2) is 0 Å². The van der Waals surface area contributed by atoms with Crippen molar-refractivity contribution in [3.63, 3.8) is 0 Å². The Morgan fingerprint density at radius 1 is 1.23 bits per heavy atom. The zero-order chi connectivity index (χ0) is 20.9. The largest absolute Gasteiger partial charge is 0.474 e. The van der Waals surface area contributed by atoms with Crippen molar-refractivity contribution in [1.82, 2.24) is 4.98 Å². The molecule has 1 aromatic carbocycles. The van der Waals surface area contributed by atoms with Gasteiger partial charge in [-0.2, -0.15) is 5.26 Å². The predicted octanol–water partition coefficient (Wildman–Crippen LogP) is 4.75. The van der Waals surface area contributed by atoms with Crippen LogP contribution < -0.4 is 0 Å². The second-order valence-corrected chi connectivity index (χ2v) is 8.41. The summed E-state index contributed by atoms with van der Waals surface area (Å²) in [6.07, 6.45) is 6.35. The number of ether oxygens (including phenoxy) is 1. The van der Waals surface area contributed by atoms with Gasteiger partial charge in [-0.25, -0.2) is 4.99 Å². The lowest BCUT2D eigenvalue weighted by molar-refractivity contribution is -0.118. The SMILES string of the molecule is C[C@@H](CC(=O)Cc1cc2c(cn1)C(OC1CCC(C#N)CC1)=NC2)c1ccccc1. The van der Waals surface area contributed by atoms with Gasteiger partial charge in [0.05, 0.1) is 18.2 Å². The van der Waals surface area contributed by atoms with Crippen molar-refractivity contribution < 1.29 is 9.53 Å². The number of aliphatic imine (C=N–C) groups is 1. The number of nitrogens with zero attached hydrogens (tertiary/aromatic N) is 3. The van der Waals surface area contributed by atoms with Crippen LogP contribution in [0.25, 0.3) is 0 Å². The van der Waals surface area contributed by atoms with Gasteiger partial charge in [0.25, 0.3) is 0 Å². The Morgan fingerprint density at radius 2 is 2.00 bits per heavy atom. The van der Waals surface area contributed by atoms with E-state index in [2.05, 4.69) is 35.1 Å². The summed E-state index contributed by atoms with van der Waals surface area (Å²) >= 11 is 0. The Morgan fingerprint density at radius 3 is 2.73 bits per heavy atom. The van der Waals surface area contributed by atoms with Crippen molar-refractivity contribution >= 4 is 11.7 Å². The van der Waals surface area contributed by atoms with Gasteiger partial charge in [-0.15, -0.1) is 0 Å². The van der Waals surface area contributed by atoms with Gasteiger partial charge >= 0.3 is 0 Å². The smallest absolute Gasteiger partial charge is 0.218 e. The summed E-state index contributed by atoms with van der Waals surface area (Å²) in [5, 5.41) is 9.04. The van der Waals surface area contributed by atoms with Gasteiger partial charge in [0.2, 0.25) is 5.90 Å². The van der Waals surface area contributed by atoms with Crippen molar-refractivity contribution in [1.29, 1.82) is 5.26 Å². The minimum absolute atomic E-state index is 0.125. The molecule has 2 aromatic rings. The number of carbonyl (C=O) groups excluding carboxylic acids is 1. The molecule has 5 heteroatoms. The molecule has 1 fully saturated rings. The molecule has 1 atom stereocenters. The number of Topliss-reactive ketones (excluding diaryl/α,β-unsaturated/α-hetero) is 1. The Balaban J connectivity index is 1.33. The summed E-state index contributed by atoms with van der Waals surface area (Å²) < 4.78 is 6.13. The molecule has 0 amide bonds. The highest BCUT2D eigenvalue weighted by molar-refractivity contribution is 5.97. The number of pyridine rings is 1. The molecular weight excluding hydrogens is 374 g/mol. The number of aromatic nitrogens is 1. The van der Waals surface area contributed by atoms with Crippen molar-refractivity contribution in [2.75, 3.05) is 0 Å². The molecule has 2 heterocycles. The molecule has 1 aliphatic heterocycles. The van der Waals surface area contributed by atoms with Crippen LogP contribution in [0.2, 0.25) is 0 Å². The minimum atomic E-state index is 0.125. The monoisotopic (exact) mass is 401 g/mol. The summed E-state index contributed by atoms with van der Waals surface area (Å²) in [5.41, 5.74) is 3.99. The van der Waals surface area contributed by atoms with Crippen LogP contribution >= 0.6 is 0 Å². The van der Waals surface area contributed by atoms with Crippen LogP contribution in [0.15, 0.2) is 47.6 Å². The van der Waals surface area contributed by atoms with Crippen LogP contribution in [0.3, 0.4) is 0 Å². The highest BCUT2D eigenvalue weighted by atomic mass is 16.5. The number of hydrogen-bond acceptors (Lipinski definition) is 5. The van der Waals surface area contributed by atoms with Crippen molar-refractivity contribution in [2.24, 2.45) is 10.9 Å². The standard InChI is InChI=1S/C25H27N3O2/c1-17(19-5-3-2-4-6-19)11-22(29)13-21-12-20-15-28-25(24(20)16-27-21)30-23-9-7-18(14-26)8-10-23/h2-6,12,16-18,23H,7-11,13,15H2,1H3/t17-,18?,23?/m0/s1. The Labute approximate surface area is 177 Å². The second-order valence-electron chi connectivity index (χ2n) is 8.41. The second kappa shape index (κ2) is 9.21. The fourth-order valence-corrected chi connectivity index (χ4v) is 4.29. The molecule has 5 nitrogen and oxygen atoms in total. The topological polar surface area (TPSA) is 75.3 Å². The molecule has 0 N–H and O–H groups in total. The number of ketones is 1. The maximum atomic E-state index is 12.6. The molecular formula is C25H27N3O2. The van der Waals surface area contributed by atoms with Crippen LogP contribution in [0.1, 0.15) is 67.3 Å². The van der Waals surface area contributed by atoms with Crippen molar-refractivity contribution in [2.45, 2.75) is 64.0 Å². The quantitative estimate of drug-likeness (QED) is 0.700. The third kappa shape index (κ3) is 4.76. The van der Waals surface area contributed by atoms with E-state index in [9.17, 15) is 4.79 Å². The lowest BCUT2D eigenvalue weighted by Crippen LogP contribution is -2.24. The first-order valence-electron chi connectivity index (χ1n) is 10.8. The van der Waals surface area contributed by atoms with Gasteiger partial charge in [-0.3, -0.25) is 9.78 Å². The van der Waals surface area contributed by atoms with Gasteiger partial charge in [-0.05, 0) is 48.8 Å². The molecule has 4 rings (SSSR count). The van der Waals surface area contributed by atoms with E-state index in [1.54, 1.807) is 6.20 Å². The van der Waals surface area contributed by atoms with E-state index in [-0.39, 0.29) is 23.7 Å². The third-order valence-corrected chi connectivity index (χ3v) is 6.09. The summed E-state index contributed by atoms with van der Waals surface area (Å²) in [5.74, 6) is 1.22. The average molecular weight is 402 g/mol. The number of nitriles is 1. The molecule has 1 aliphatic carbocycles. The zero-order valence-electron chi connectivity index (χ0n) is 17.4. The fraction of sp³-hybridized carbons (Fsp3) is 0.440. The van der Waals surface area contributed by atoms with Crippen LogP contribution in [0.4, 0.5) is 0 Å².